The molecule has 1 aromatic carbocycles. The summed E-state index contributed by atoms with van der Waals surface area (Å²) in [6, 6.07) is 3.95. The average molecular weight is 341 g/mol. The zero-order valence-corrected chi connectivity index (χ0v) is 13.9. The van der Waals surface area contributed by atoms with Crippen LogP contribution >= 0.6 is 0 Å². The summed E-state index contributed by atoms with van der Waals surface area (Å²) in [6.45, 7) is 3.75. The van der Waals surface area contributed by atoms with Crippen molar-refractivity contribution in [1.82, 2.24) is 24.7 Å². The maximum absolute atomic E-state index is 13.3. The van der Waals surface area contributed by atoms with Crippen LogP contribution in [-0.4, -0.2) is 37.7 Å². The van der Waals surface area contributed by atoms with Crippen LogP contribution in [0.25, 0.3) is 11.0 Å². The number of carbonyl (C=O) groups excluding carboxylic acids is 1. The molecule has 8 nitrogen and oxygen atoms in total. The highest BCUT2D eigenvalue weighted by Gasteiger charge is 2.32. The molecule has 128 valence electrons. The predicted molar refractivity (Wildman–Crippen MR) is 90.5 cm³/mol. The van der Waals surface area contributed by atoms with Gasteiger partial charge >= 0.3 is 0 Å². The Morgan fingerprint density at radius 3 is 3.00 bits per heavy atom. The summed E-state index contributed by atoms with van der Waals surface area (Å²) in [5.41, 5.74) is 2.45. The van der Waals surface area contributed by atoms with Crippen molar-refractivity contribution in [3.8, 4) is 0 Å². The first-order valence-corrected chi connectivity index (χ1v) is 7.76. The van der Waals surface area contributed by atoms with Crippen molar-refractivity contribution in [1.29, 1.82) is 0 Å². The van der Waals surface area contributed by atoms with E-state index in [9.17, 15) is 9.18 Å². The summed E-state index contributed by atoms with van der Waals surface area (Å²) in [5.74, 6) is 0.289. The normalized spacial score (nSPS) is 17.1. The van der Waals surface area contributed by atoms with Crippen molar-refractivity contribution in [2.75, 3.05) is 17.3 Å². The molecule has 0 bridgehead atoms. The first kappa shape index (κ1) is 15.3. The van der Waals surface area contributed by atoms with Crippen LogP contribution < -0.4 is 10.2 Å². The van der Waals surface area contributed by atoms with Crippen molar-refractivity contribution >= 4 is 28.8 Å². The molecule has 1 atom stereocenters. The van der Waals surface area contributed by atoms with Gasteiger partial charge in [0.2, 0.25) is 11.9 Å². The number of nitrogens with zero attached hydrogens (tertiary/aromatic N) is 5. The lowest BCUT2D eigenvalue weighted by atomic mass is 10.0. The Kier molecular flexibility index (Phi) is 3.31. The lowest BCUT2D eigenvalue weighted by molar-refractivity contribution is -0.113. The molecule has 3 heterocycles. The fourth-order valence-corrected chi connectivity index (χ4v) is 3.08. The van der Waals surface area contributed by atoms with Gasteiger partial charge in [-0.25, -0.2) is 14.1 Å². The second-order valence-electron chi connectivity index (χ2n) is 5.94. The topological polar surface area (TPSA) is 91.7 Å². The van der Waals surface area contributed by atoms with Gasteiger partial charge in [0, 0.05) is 12.7 Å². The minimum absolute atomic E-state index is 0.268. The van der Waals surface area contributed by atoms with Gasteiger partial charge in [-0.1, -0.05) is 0 Å². The van der Waals surface area contributed by atoms with Crippen LogP contribution in [0.3, 0.4) is 0 Å². The fraction of sp³-hybridized carbons (Fsp3) is 0.250. The molecule has 25 heavy (non-hydrogen) atoms. The number of imidazole rings is 1. The van der Waals surface area contributed by atoms with E-state index in [4.69, 9.17) is 0 Å². The van der Waals surface area contributed by atoms with Gasteiger partial charge in [-0.15, -0.1) is 0 Å². The largest absolute Gasteiger partial charge is 0.324 e. The molecular weight excluding hydrogens is 325 g/mol. The second kappa shape index (κ2) is 5.40. The third kappa shape index (κ3) is 2.35. The number of rotatable bonds is 2. The SMILES string of the molecule is CC1=C(C(=O)Nc2nc3ccc(F)cc3[nH]2)C(C)n2ncnc2N1C. The summed E-state index contributed by atoms with van der Waals surface area (Å²) in [7, 11) is 1.83. The van der Waals surface area contributed by atoms with Gasteiger partial charge in [-0.05, 0) is 32.0 Å². The van der Waals surface area contributed by atoms with Crippen LogP contribution in [0.1, 0.15) is 19.9 Å². The number of carbonyl (C=O) groups is 1. The number of nitrogens with one attached hydrogen (secondary N) is 2. The Morgan fingerprint density at radius 1 is 1.40 bits per heavy atom. The first-order valence-electron chi connectivity index (χ1n) is 7.76. The molecular formula is C16H16FN7O. The van der Waals surface area contributed by atoms with Crippen LogP contribution in [0, 0.1) is 5.82 Å². The van der Waals surface area contributed by atoms with E-state index in [0.29, 0.717) is 22.6 Å². The Balaban J connectivity index is 1.66. The number of aromatic amines is 1. The van der Waals surface area contributed by atoms with E-state index >= 15 is 0 Å². The predicted octanol–water partition coefficient (Wildman–Crippen LogP) is 2.22. The number of halogens is 1. The smallest absolute Gasteiger partial charge is 0.257 e. The van der Waals surface area contributed by atoms with Gasteiger partial charge in [0.1, 0.15) is 12.1 Å². The standard InChI is InChI=1S/C16H16FN7O/c1-8-13(9(2)24-16(23(8)3)18-7-19-24)14(25)22-15-20-11-5-4-10(17)6-12(11)21-15/h4-7,9H,1-3H3,(H2,20,21,22,25). The van der Waals surface area contributed by atoms with Gasteiger partial charge in [-0.2, -0.15) is 10.1 Å². The van der Waals surface area contributed by atoms with E-state index in [1.807, 2.05) is 25.8 Å². The zero-order chi connectivity index (χ0) is 17.7. The molecule has 2 aromatic heterocycles. The van der Waals surface area contributed by atoms with Gasteiger partial charge in [-0.3, -0.25) is 10.1 Å². The highest BCUT2D eigenvalue weighted by molar-refractivity contribution is 6.05. The molecule has 1 aliphatic heterocycles. The lowest BCUT2D eigenvalue weighted by Gasteiger charge is -2.31. The van der Waals surface area contributed by atoms with Crippen molar-refractivity contribution in [3.05, 3.63) is 41.6 Å². The van der Waals surface area contributed by atoms with Crippen molar-refractivity contribution in [2.24, 2.45) is 0 Å². The van der Waals surface area contributed by atoms with Crippen LogP contribution in [0.4, 0.5) is 16.3 Å². The minimum atomic E-state index is -0.367. The highest BCUT2D eigenvalue weighted by atomic mass is 19.1. The molecule has 3 aromatic rings. The number of amides is 1. The number of benzene rings is 1. The molecule has 9 heteroatoms. The minimum Gasteiger partial charge on any atom is -0.324 e. The summed E-state index contributed by atoms with van der Waals surface area (Å²) in [5, 5.41) is 6.94. The molecule has 1 unspecified atom stereocenters. The molecule has 1 amide bonds. The van der Waals surface area contributed by atoms with Crippen LogP contribution in [-0.2, 0) is 4.79 Å². The average Bonchev–Trinajstić information content (AvgIpc) is 3.19. The third-order valence-electron chi connectivity index (χ3n) is 4.45. The van der Waals surface area contributed by atoms with E-state index < -0.39 is 0 Å². The maximum atomic E-state index is 13.3. The van der Waals surface area contributed by atoms with Crippen LogP contribution in [0.2, 0.25) is 0 Å². The van der Waals surface area contributed by atoms with E-state index in [2.05, 4.69) is 25.4 Å². The fourth-order valence-electron chi connectivity index (χ4n) is 3.08. The number of anilines is 2. The molecule has 0 radical (unpaired) electrons. The van der Waals surface area contributed by atoms with Gasteiger partial charge in [0.15, 0.2) is 0 Å². The van der Waals surface area contributed by atoms with Gasteiger partial charge < -0.3 is 9.88 Å². The number of hydrogen-bond acceptors (Lipinski definition) is 5. The summed E-state index contributed by atoms with van der Waals surface area (Å²) in [4.78, 5) is 26.0. The number of H-pyrrole nitrogens is 1. The molecule has 0 spiro atoms. The van der Waals surface area contributed by atoms with E-state index in [1.165, 1.54) is 18.5 Å². The van der Waals surface area contributed by atoms with E-state index in [1.54, 1.807) is 10.7 Å². The monoisotopic (exact) mass is 341 g/mol. The lowest BCUT2D eigenvalue weighted by Crippen LogP contribution is -2.34. The Morgan fingerprint density at radius 2 is 2.20 bits per heavy atom. The van der Waals surface area contributed by atoms with Crippen LogP contribution in [0.15, 0.2) is 35.8 Å². The van der Waals surface area contributed by atoms with Crippen molar-refractivity contribution in [2.45, 2.75) is 19.9 Å². The zero-order valence-electron chi connectivity index (χ0n) is 13.9. The molecule has 4 rings (SSSR count). The number of allylic oxidation sites excluding steroid dienone is 1. The summed E-state index contributed by atoms with van der Waals surface area (Å²) < 4.78 is 15.0. The Bertz CT molecular complexity index is 1020. The van der Waals surface area contributed by atoms with Gasteiger partial charge in [0.25, 0.3) is 5.91 Å². The molecule has 2 N–H and O–H groups in total. The summed E-state index contributed by atoms with van der Waals surface area (Å²) >= 11 is 0. The second-order valence-corrected chi connectivity index (χ2v) is 5.94. The first-order chi connectivity index (χ1) is 12.0. The van der Waals surface area contributed by atoms with Crippen LogP contribution in [0.5, 0.6) is 0 Å². The summed E-state index contributed by atoms with van der Waals surface area (Å²) in [6.07, 6.45) is 1.46. The highest BCUT2D eigenvalue weighted by Crippen LogP contribution is 2.32. The molecule has 0 fully saturated rings. The molecule has 0 saturated heterocycles. The van der Waals surface area contributed by atoms with E-state index in [-0.39, 0.29) is 23.7 Å². The maximum Gasteiger partial charge on any atom is 0.257 e. The number of fused-ring (bicyclic) bond motifs is 2. The number of hydrogen-bond donors (Lipinski definition) is 2. The third-order valence-corrected chi connectivity index (χ3v) is 4.45. The number of aromatic nitrogens is 5. The quantitative estimate of drug-likeness (QED) is 0.746. The van der Waals surface area contributed by atoms with E-state index in [0.717, 1.165) is 5.70 Å². The Hall–Kier alpha value is -3.23. The van der Waals surface area contributed by atoms with Crippen molar-refractivity contribution < 1.29 is 9.18 Å². The molecule has 0 aliphatic carbocycles. The Labute approximate surface area is 142 Å². The van der Waals surface area contributed by atoms with Crippen molar-refractivity contribution in [3.63, 3.8) is 0 Å². The molecule has 0 saturated carbocycles. The van der Waals surface area contributed by atoms with Gasteiger partial charge in [0.05, 0.1) is 22.6 Å². The molecule has 1 aliphatic rings.